The van der Waals surface area contributed by atoms with E-state index in [0.717, 1.165) is 72.9 Å². The van der Waals surface area contributed by atoms with Gasteiger partial charge in [-0.3, -0.25) is 10.00 Å². The van der Waals surface area contributed by atoms with Crippen LogP contribution in [0.1, 0.15) is 33.5 Å². The SMILES string of the molecule is Cc1ccccc1N=C=O.Cc1ccccc1NC(=O)NCC#Cc1[nH]nc2c1Cc1cc(CN3CCN(C)CC3)ccc1-2. The van der Waals surface area contributed by atoms with Crippen LogP contribution in [0.5, 0.6) is 0 Å². The summed E-state index contributed by atoms with van der Waals surface area (Å²) in [5.41, 5.74) is 10.3. The van der Waals surface area contributed by atoms with Gasteiger partial charge in [-0.1, -0.05) is 60.5 Å². The van der Waals surface area contributed by atoms with E-state index in [1.807, 2.05) is 56.3 Å². The van der Waals surface area contributed by atoms with Crippen molar-refractivity contribution >= 4 is 23.5 Å². The molecular weight excluding hydrogens is 550 g/mol. The molecule has 0 saturated carbocycles. The van der Waals surface area contributed by atoms with Crippen LogP contribution in [0.3, 0.4) is 0 Å². The standard InChI is InChI=1S/C27H30N6O.C8H7NO/c1-19-6-3-4-7-24(19)29-27(34)28-11-5-8-25-23-17-21-16-20(9-10-22(21)26(23)31-30-25)18-33-14-12-32(2)13-15-33;1-7-4-2-3-5-8(7)9-6-10/h3-4,6-7,9-10,16H,11-15,17-18H2,1-2H3,(H,30,31)(H2,28,29,34);2-5H,1H3. The maximum absolute atomic E-state index is 12.1. The molecule has 0 bridgehead atoms. The largest absolute Gasteiger partial charge is 0.327 e. The number of H-pyrrole nitrogens is 1. The average molecular weight is 588 g/mol. The van der Waals surface area contributed by atoms with E-state index in [0.29, 0.717) is 5.69 Å². The van der Waals surface area contributed by atoms with Gasteiger partial charge in [0.2, 0.25) is 6.08 Å². The second kappa shape index (κ2) is 14.5. The first-order valence-electron chi connectivity index (χ1n) is 14.7. The molecule has 2 amide bonds. The molecule has 0 spiro atoms. The van der Waals surface area contributed by atoms with Crippen molar-refractivity contribution in [2.45, 2.75) is 26.8 Å². The van der Waals surface area contributed by atoms with Gasteiger partial charge in [0, 0.05) is 56.0 Å². The van der Waals surface area contributed by atoms with E-state index in [4.69, 9.17) is 0 Å². The van der Waals surface area contributed by atoms with Crippen molar-refractivity contribution < 1.29 is 9.59 Å². The van der Waals surface area contributed by atoms with Gasteiger partial charge in [0.15, 0.2) is 0 Å². The number of amides is 2. The van der Waals surface area contributed by atoms with Crippen LogP contribution in [0.2, 0.25) is 0 Å². The van der Waals surface area contributed by atoms with E-state index in [-0.39, 0.29) is 12.6 Å². The zero-order valence-corrected chi connectivity index (χ0v) is 25.4. The lowest BCUT2D eigenvalue weighted by Crippen LogP contribution is -2.43. The lowest BCUT2D eigenvalue weighted by atomic mass is 10.0. The molecule has 224 valence electrons. The zero-order valence-electron chi connectivity index (χ0n) is 25.4. The highest BCUT2D eigenvalue weighted by Gasteiger charge is 2.25. The molecule has 6 rings (SSSR count). The quantitative estimate of drug-likeness (QED) is 0.149. The van der Waals surface area contributed by atoms with Gasteiger partial charge in [0.1, 0.15) is 5.69 Å². The number of aliphatic imine (C=N–C) groups is 1. The molecule has 1 aromatic heterocycles. The Hall–Kier alpha value is -5.00. The molecule has 3 N–H and O–H groups in total. The number of fused-ring (bicyclic) bond motifs is 3. The van der Waals surface area contributed by atoms with Gasteiger partial charge >= 0.3 is 6.03 Å². The van der Waals surface area contributed by atoms with E-state index in [9.17, 15) is 9.59 Å². The summed E-state index contributed by atoms with van der Waals surface area (Å²) in [7, 11) is 2.19. The number of aromatic amines is 1. The summed E-state index contributed by atoms with van der Waals surface area (Å²) in [5.74, 6) is 6.19. The number of nitrogens with one attached hydrogen (secondary N) is 3. The number of carbonyl (C=O) groups excluding carboxylic acids is 2. The third-order valence-corrected chi connectivity index (χ3v) is 7.89. The molecule has 9 nitrogen and oxygen atoms in total. The number of para-hydroxylation sites is 2. The third-order valence-electron chi connectivity index (χ3n) is 7.89. The monoisotopic (exact) mass is 587 g/mol. The summed E-state index contributed by atoms with van der Waals surface area (Å²) < 4.78 is 0. The summed E-state index contributed by atoms with van der Waals surface area (Å²) in [5, 5.41) is 13.2. The molecule has 2 heterocycles. The Balaban J connectivity index is 0.000000328. The fraction of sp³-hybridized carbons (Fsp3) is 0.286. The van der Waals surface area contributed by atoms with E-state index < -0.39 is 0 Å². The second-order valence-corrected chi connectivity index (χ2v) is 11.1. The molecule has 1 aliphatic heterocycles. The average Bonchev–Trinajstić information content (AvgIpc) is 3.58. The van der Waals surface area contributed by atoms with E-state index in [1.54, 1.807) is 6.07 Å². The number of aromatic nitrogens is 2. The maximum Gasteiger partial charge on any atom is 0.320 e. The third kappa shape index (κ3) is 7.68. The van der Waals surface area contributed by atoms with Crippen molar-refractivity contribution in [3.8, 4) is 23.1 Å². The molecule has 0 unspecified atom stereocenters. The smallest absolute Gasteiger partial charge is 0.320 e. The molecule has 1 aliphatic carbocycles. The van der Waals surface area contributed by atoms with Gasteiger partial charge in [0.05, 0.1) is 17.9 Å². The molecule has 1 saturated heterocycles. The minimum Gasteiger partial charge on any atom is -0.327 e. The first-order valence-corrected chi connectivity index (χ1v) is 14.7. The number of piperazine rings is 1. The second-order valence-electron chi connectivity index (χ2n) is 11.1. The zero-order chi connectivity index (χ0) is 30.9. The fourth-order valence-corrected chi connectivity index (χ4v) is 5.32. The maximum atomic E-state index is 12.1. The highest BCUT2D eigenvalue weighted by Crippen LogP contribution is 2.37. The molecule has 1 fully saturated rings. The predicted octanol–water partition coefficient (Wildman–Crippen LogP) is 5.17. The Bertz CT molecular complexity index is 1740. The number of isocyanates is 1. The van der Waals surface area contributed by atoms with E-state index in [2.05, 4.69) is 72.7 Å². The van der Waals surface area contributed by atoms with Gasteiger partial charge in [0.25, 0.3) is 0 Å². The molecule has 3 aromatic carbocycles. The Morgan fingerprint density at radius 1 is 1.00 bits per heavy atom. The Kier molecular flexibility index (Phi) is 10.0. The number of anilines is 1. The number of urea groups is 1. The number of aryl methyl sites for hydroxylation is 2. The molecule has 0 radical (unpaired) electrons. The summed E-state index contributed by atoms with van der Waals surface area (Å²) in [6.07, 6.45) is 2.34. The van der Waals surface area contributed by atoms with Gasteiger partial charge in [-0.25, -0.2) is 9.59 Å². The number of carbonyl (C=O) groups is 1. The topological polar surface area (TPSA) is 106 Å². The van der Waals surface area contributed by atoms with Gasteiger partial charge in [-0.2, -0.15) is 10.1 Å². The minimum absolute atomic E-state index is 0.258. The molecule has 9 heteroatoms. The first-order chi connectivity index (χ1) is 21.4. The van der Waals surface area contributed by atoms with Crippen LogP contribution in [-0.2, 0) is 17.8 Å². The van der Waals surface area contributed by atoms with Gasteiger partial charge < -0.3 is 15.5 Å². The molecule has 0 atom stereocenters. The number of benzene rings is 3. The molecule has 44 heavy (non-hydrogen) atoms. The van der Waals surface area contributed by atoms with Crippen molar-refractivity contribution in [3.63, 3.8) is 0 Å². The van der Waals surface area contributed by atoms with Crippen molar-refractivity contribution in [2.24, 2.45) is 4.99 Å². The van der Waals surface area contributed by atoms with Gasteiger partial charge in [-0.15, -0.1) is 0 Å². The van der Waals surface area contributed by atoms with Crippen LogP contribution in [0, 0.1) is 25.7 Å². The van der Waals surface area contributed by atoms with Crippen molar-refractivity contribution in [3.05, 3.63) is 100 Å². The summed E-state index contributed by atoms with van der Waals surface area (Å²) in [6.45, 7) is 9.60. The summed E-state index contributed by atoms with van der Waals surface area (Å²) in [6, 6.07) is 21.6. The van der Waals surface area contributed by atoms with Crippen molar-refractivity contribution in [1.82, 2.24) is 25.3 Å². The Labute approximate surface area is 258 Å². The summed E-state index contributed by atoms with van der Waals surface area (Å²) in [4.78, 5) is 30.4. The van der Waals surface area contributed by atoms with Crippen LogP contribution in [0.15, 0.2) is 71.7 Å². The van der Waals surface area contributed by atoms with Crippen LogP contribution in [-0.4, -0.2) is 71.9 Å². The van der Waals surface area contributed by atoms with E-state index >= 15 is 0 Å². The predicted molar refractivity (Wildman–Crippen MR) is 174 cm³/mol. The van der Waals surface area contributed by atoms with Crippen molar-refractivity contribution in [2.75, 3.05) is 45.1 Å². The fourth-order valence-electron chi connectivity index (χ4n) is 5.32. The number of hydrogen-bond acceptors (Lipinski definition) is 6. The number of nitrogens with zero attached hydrogens (tertiary/aromatic N) is 4. The Morgan fingerprint density at radius 2 is 1.75 bits per heavy atom. The van der Waals surface area contributed by atoms with Crippen molar-refractivity contribution in [1.29, 1.82) is 0 Å². The van der Waals surface area contributed by atoms with Crippen LogP contribution >= 0.6 is 0 Å². The molecule has 4 aromatic rings. The first kappa shape index (κ1) is 30.5. The number of rotatable bonds is 5. The molecular formula is C35H37N7O2. The lowest BCUT2D eigenvalue weighted by molar-refractivity contribution is 0.148. The van der Waals surface area contributed by atoms with Gasteiger partial charge in [-0.05, 0) is 61.2 Å². The van der Waals surface area contributed by atoms with Crippen LogP contribution in [0.25, 0.3) is 11.3 Å². The number of hydrogen-bond donors (Lipinski definition) is 3. The highest BCUT2D eigenvalue weighted by atomic mass is 16.2. The minimum atomic E-state index is -0.265. The summed E-state index contributed by atoms with van der Waals surface area (Å²) >= 11 is 0. The van der Waals surface area contributed by atoms with Crippen LogP contribution in [0.4, 0.5) is 16.2 Å². The van der Waals surface area contributed by atoms with E-state index in [1.165, 1.54) is 22.8 Å². The van der Waals surface area contributed by atoms with Crippen LogP contribution < -0.4 is 10.6 Å². The Morgan fingerprint density at radius 3 is 2.50 bits per heavy atom. The normalized spacial score (nSPS) is 13.7. The molecule has 2 aliphatic rings. The lowest BCUT2D eigenvalue weighted by Gasteiger charge is -2.32. The highest BCUT2D eigenvalue weighted by molar-refractivity contribution is 5.90. The number of likely N-dealkylation sites (N-methyl/N-ethyl adjacent to an activating group) is 1.